The molecule has 0 saturated heterocycles. The molecule has 2 aromatic rings. The number of fused-ring (bicyclic) bond motifs is 1. The van der Waals surface area contributed by atoms with Crippen molar-refractivity contribution in [2.75, 3.05) is 19.7 Å². The van der Waals surface area contributed by atoms with Gasteiger partial charge in [-0.25, -0.2) is 0 Å². The first-order chi connectivity index (χ1) is 9.69. The summed E-state index contributed by atoms with van der Waals surface area (Å²) in [5.74, 6) is 0.558. The summed E-state index contributed by atoms with van der Waals surface area (Å²) in [4.78, 5) is 11.5. The largest absolute Gasteiger partial charge is 0.484 e. The van der Waals surface area contributed by atoms with E-state index >= 15 is 0 Å². The number of nitrogens with two attached hydrogens (primary N) is 1. The minimum absolute atomic E-state index is 0.0204. The number of benzene rings is 2. The van der Waals surface area contributed by atoms with Gasteiger partial charge >= 0.3 is 0 Å². The zero-order valence-corrected chi connectivity index (χ0v) is 12.7. The van der Waals surface area contributed by atoms with E-state index in [1.807, 2.05) is 36.4 Å². The minimum atomic E-state index is -0.130. The molecule has 3 N–H and O–H groups in total. The molecule has 0 bridgehead atoms. The highest BCUT2D eigenvalue weighted by Gasteiger charge is 2.03. The molecule has 0 aliphatic heterocycles. The maximum atomic E-state index is 11.5. The monoisotopic (exact) mass is 336 g/mol. The third kappa shape index (κ3) is 4.21. The lowest BCUT2D eigenvalue weighted by Gasteiger charge is -2.08. The van der Waals surface area contributed by atoms with Crippen LogP contribution in [0.3, 0.4) is 0 Å². The third-order valence-corrected chi connectivity index (χ3v) is 3.34. The summed E-state index contributed by atoms with van der Waals surface area (Å²) in [5.41, 5.74) is 5.36. The summed E-state index contributed by atoms with van der Waals surface area (Å²) in [7, 11) is 0. The van der Waals surface area contributed by atoms with Gasteiger partial charge in [-0.15, -0.1) is 0 Å². The van der Waals surface area contributed by atoms with E-state index in [-0.39, 0.29) is 12.5 Å². The normalized spacial score (nSPS) is 10.5. The first kappa shape index (κ1) is 14.8. The Labute approximate surface area is 126 Å². The number of hydrogen-bond donors (Lipinski definition) is 2. The van der Waals surface area contributed by atoms with Gasteiger partial charge in [0, 0.05) is 11.0 Å². The number of halogens is 1. The summed E-state index contributed by atoms with van der Waals surface area (Å²) < 4.78 is 6.52. The minimum Gasteiger partial charge on any atom is -0.484 e. The van der Waals surface area contributed by atoms with Gasteiger partial charge in [-0.1, -0.05) is 28.1 Å². The first-order valence-electron chi connectivity index (χ1n) is 6.48. The molecule has 0 aromatic heterocycles. The topological polar surface area (TPSA) is 64.3 Å². The second-order valence-electron chi connectivity index (χ2n) is 4.43. The fourth-order valence-electron chi connectivity index (χ4n) is 1.81. The molecular formula is C15H17BrN2O2. The SMILES string of the molecule is NCCCNC(=O)COc1ccc2cc(Br)ccc2c1. The molecule has 4 nitrogen and oxygen atoms in total. The highest BCUT2D eigenvalue weighted by atomic mass is 79.9. The van der Waals surface area contributed by atoms with Crippen LogP contribution in [0.25, 0.3) is 10.8 Å². The van der Waals surface area contributed by atoms with Gasteiger partial charge in [0.05, 0.1) is 0 Å². The molecule has 0 heterocycles. The standard InChI is InChI=1S/C15H17BrN2O2/c16-13-4-2-12-9-14(5-3-11(12)8-13)20-10-15(19)18-7-1-6-17/h2-5,8-9H,1,6-7,10,17H2,(H,18,19). The van der Waals surface area contributed by atoms with Gasteiger partial charge in [-0.2, -0.15) is 0 Å². The van der Waals surface area contributed by atoms with Crippen LogP contribution >= 0.6 is 15.9 Å². The van der Waals surface area contributed by atoms with E-state index in [1.165, 1.54) is 0 Å². The van der Waals surface area contributed by atoms with Crippen LogP contribution in [0.5, 0.6) is 5.75 Å². The number of carbonyl (C=O) groups excluding carboxylic acids is 1. The van der Waals surface area contributed by atoms with Crippen molar-refractivity contribution in [1.29, 1.82) is 0 Å². The van der Waals surface area contributed by atoms with Gasteiger partial charge in [0.2, 0.25) is 0 Å². The van der Waals surface area contributed by atoms with Crippen molar-refractivity contribution < 1.29 is 9.53 Å². The van der Waals surface area contributed by atoms with Crippen LogP contribution in [0.2, 0.25) is 0 Å². The Morgan fingerprint density at radius 1 is 1.20 bits per heavy atom. The molecular weight excluding hydrogens is 320 g/mol. The molecule has 0 atom stereocenters. The smallest absolute Gasteiger partial charge is 0.257 e. The van der Waals surface area contributed by atoms with E-state index in [0.717, 1.165) is 21.7 Å². The summed E-state index contributed by atoms with van der Waals surface area (Å²) >= 11 is 3.44. The second-order valence-corrected chi connectivity index (χ2v) is 5.35. The molecule has 0 aliphatic carbocycles. The Morgan fingerprint density at radius 3 is 2.75 bits per heavy atom. The Morgan fingerprint density at radius 2 is 1.95 bits per heavy atom. The molecule has 1 amide bonds. The van der Waals surface area contributed by atoms with Crippen LogP contribution in [0, 0.1) is 0 Å². The average Bonchev–Trinajstić information content (AvgIpc) is 2.45. The molecule has 2 rings (SSSR count). The molecule has 20 heavy (non-hydrogen) atoms. The Balaban J connectivity index is 1.93. The van der Waals surface area contributed by atoms with Gasteiger partial charge < -0.3 is 15.8 Å². The number of nitrogens with one attached hydrogen (secondary N) is 1. The maximum Gasteiger partial charge on any atom is 0.257 e. The Kier molecular flexibility index (Phi) is 5.38. The zero-order chi connectivity index (χ0) is 14.4. The van der Waals surface area contributed by atoms with Crippen LogP contribution < -0.4 is 15.8 Å². The van der Waals surface area contributed by atoms with E-state index in [1.54, 1.807) is 0 Å². The van der Waals surface area contributed by atoms with Crippen molar-refractivity contribution in [3.63, 3.8) is 0 Å². The summed E-state index contributed by atoms with van der Waals surface area (Å²) in [5, 5.41) is 4.95. The maximum absolute atomic E-state index is 11.5. The Hall–Kier alpha value is -1.59. The average molecular weight is 337 g/mol. The van der Waals surface area contributed by atoms with Crippen molar-refractivity contribution in [3.05, 3.63) is 40.9 Å². The van der Waals surface area contributed by atoms with Crippen molar-refractivity contribution in [2.24, 2.45) is 5.73 Å². The van der Waals surface area contributed by atoms with E-state index in [0.29, 0.717) is 18.8 Å². The molecule has 106 valence electrons. The fourth-order valence-corrected chi connectivity index (χ4v) is 2.19. The molecule has 0 aliphatic rings. The Bertz CT molecular complexity index is 601. The van der Waals surface area contributed by atoms with Gasteiger partial charge in [-0.3, -0.25) is 4.79 Å². The quantitative estimate of drug-likeness (QED) is 0.796. The lowest BCUT2D eigenvalue weighted by molar-refractivity contribution is -0.123. The van der Waals surface area contributed by atoms with Gasteiger partial charge in [0.25, 0.3) is 5.91 Å². The number of hydrogen-bond acceptors (Lipinski definition) is 3. The summed E-state index contributed by atoms with van der Waals surface area (Å²) in [6, 6.07) is 11.8. The predicted molar refractivity (Wildman–Crippen MR) is 83.8 cm³/mol. The van der Waals surface area contributed by atoms with Crippen LogP contribution in [0.1, 0.15) is 6.42 Å². The number of ether oxygens (including phenoxy) is 1. The third-order valence-electron chi connectivity index (χ3n) is 2.85. The molecule has 0 saturated carbocycles. The van der Waals surface area contributed by atoms with Crippen LogP contribution in [0.4, 0.5) is 0 Å². The summed E-state index contributed by atoms with van der Waals surface area (Å²) in [6.07, 6.45) is 0.774. The van der Waals surface area contributed by atoms with Gasteiger partial charge in [0.1, 0.15) is 5.75 Å². The highest BCUT2D eigenvalue weighted by molar-refractivity contribution is 9.10. The predicted octanol–water partition coefficient (Wildman–Crippen LogP) is 2.45. The van der Waals surface area contributed by atoms with E-state index in [2.05, 4.69) is 21.2 Å². The molecule has 0 unspecified atom stereocenters. The van der Waals surface area contributed by atoms with Crippen molar-refractivity contribution in [3.8, 4) is 5.75 Å². The first-order valence-corrected chi connectivity index (χ1v) is 7.27. The molecule has 0 fully saturated rings. The second kappa shape index (κ2) is 7.26. The van der Waals surface area contributed by atoms with E-state index in [4.69, 9.17) is 10.5 Å². The van der Waals surface area contributed by atoms with Crippen molar-refractivity contribution >= 4 is 32.6 Å². The zero-order valence-electron chi connectivity index (χ0n) is 11.1. The van der Waals surface area contributed by atoms with Gasteiger partial charge in [0.15, 0.2) is 6.61 Å². The molecule has 2 aromatic carbocycles. The van der Waals surface area contributed by atoms with E-state index < -0.39 is 0 Å². The van der Waals surface area contributed by atoms with Crippen LogP contribution in [0.15, 0.2) is 40.9 Å². The molecule has 0 spiro atoms. The van der Waals surface area contributed by atoms with E-state index in [9.17, 15) is 4.79 Å². The lowest BCUT2D eigenvalue weighted by atomic mass is 10.1. The number of carbonyl (C=O) groups is 1. The van der Waals surface area contributed by atoms with Crippen LogP contribution in [-0.2, 0) is 4.79 Å². The van der Waals surface area contributed by atoms with Crippen molar-refractivity contribution in [1.82, 2.24) is 5.32 Å². The van der Waals surface area contributed by atoms with Gasteiger partial charge in [-0.05, 0) is 48.0 Å². The summed E-state index contributed by atoms with van der Waals surface area (Å²) in [6.45, 7) is 1.18. The lowest BCUT2D eigenvalue weighted by Crippen LogP contribution is -2.30. The molecule has 0 radical (unpaired) electrons. The van der Waals surface area contributed by atoms with Crippen LogP contribution in [-0.4, -0.2) is 25.6 Å². The van der Waals surface area contributed by atoms with Crippen molar-refractivity contribution in [2.45, 2.75) is 6.42 Å². The highest BCUT2D eigenvalue weighted by Crippen LogP contribution is 2.23. The number of rotatable bonds is 6. The fraction of sp³-hybridized carbons (Fsp3) is 0.267. The molecule has 5 heteroatoms. The number of amides is 1.